The molecule has 1 aliphatic rings. The summed E-state index contributed by atoms with van der Waals surface area (Å²) in [6.07, 6.45) is 0.960. The second-order valence-corrected chi connectivity index (χ2v) is 5.59. The first kappa shape index (κ1) is 16.8. The maximum Gasteiger partial charge on any atom is 0.276 e. The van der Waals surface area contributed by atoms with Gasteiger partial charge in [-0.25, -0.2) is 0 Å². The van der Waals surface area contributed by atoms with Crippen LogP contribution >= 0.6 is 24.0 Å². The summed E-state index contributed by atoms with van der Waals surface area (Å²) in [5.74, 6) is 0.416. The first-order chi connectivity index (χ1) is 10.1. The molecule has 1 atom stereocenters. The van der Waals surface area contributed by atoms with Gasteiger partial charge in [0.25, 0.3) is 5.91 Å². The fourth-order valence-corrected chi connectivity index (χ4v) is 2.66. The Morgan fingerprint density at radius 1 is 1.45 bits per heavy atom. The Kier molecular flexibility index (Phi) is 5.45. The maximum atomic E-state index is 12.4. The van der Waals surface area contributed by atoms with Crippen LogP contribution in [-0.4, -0.2) is 42.1 Å². The number of rotatable bonds is 3. The second-order valence-electron chi connectivity index (χ2n) is 5.15. The van der Waals surface area contributed by atoms with Crippen molar-refractivity contribution in [2.45, 2.75) is 12.5 Å². The number of carbonyl (C=O) groups excluding carboxylic acids is 1. The zero-order valence-corrected chi connectivity index (χ0v) is 13.7. The SMILES string of the molecule is CN(C(=O)c1cc(-c2cccc(Cl)c2)on1)C1CCNC1.Cl. The summed E-state index contributed by atoms with van der Waals surface area (Å²) in [5, 5.41) is 7.75. The molecule has 1 aliphatic heterocycles. The summed E-state index contributed by atoms with van der Waals surface area (Å²) >= 11 is 5.96. The van der Waals surface area contributed by atoms with Crippen molar-refractivity contribution >= 4 is 29.9 Å². The number of nitrogens with one attached hydrogen (secondary N) is 1. The monoisotopic (exact) mass is 341 g/mol. The van der Waals surface area contributed by atoms with Gasteiger partial charge in [0, 0.05) is 36.3 Å². The molecule has 1 N–H and O–H groups in total. The van der Waals surface area contributed by atoms with Crippen molar-refractivity contribution in [1.29, 1.82) is 0 Å². The molecule has 0 bridgehead atoms. The normalized spacial score (nSPS) is 17.1. The molecule has 1 aromatic carbocycles. The van der Waals surface area contributed by atoms with E-state index >= 15 is 0 Å². The lowest BCUT2D eigenvalue weighted by Crippen LogP contribution is -2.38. The van der Waals surface area contributed by atoms with Crippen LogP contribution in [0.3, 0.4) is 0 Å². The summed E-state index contributed by atoms with van der Waals surface area (Å²) < 4.78 is 5.27. The van der Waals surface area contributed by atoms with Gasteiger partial charge in [0.2, 0.25) is 0 Å². The van der Waals surface area contributed by atoms with Crippen LogP contribution in [0.15, 0.2) is 34.9 Å². The minimum absolute atomic E-state index is 0. The largest absolute Gasteiger partial charge is 0.355 e. The van der Waals surface area contributed by atoms with Crippen molar-refractivity contribution in [2.75, 3.05) is 20.1 Å². The van der Waals surface area contributed by atoms with Crippen molar-refractivity contribution in [3.05, 3.63) is 41.0 Å². The quantitative estimate of drug-likeness (QED) is 0.932. The van der Waals surface area contributed by atoms with Gasteiger partial charge in [0.05, 0.1) is 0 Å². The van der Waals surface area contributed by atoms with Crippen LogP contribution in [0.25, 0.3) is 11.3 Å². The highest BCUT2D eigenvalue weighted by Gasteiger charge is 2.26. The van der Waals surface area contributed by atoms with E-state index in [-0.39, 0.29) is 24.4 Å². The Balaban J connectivity index is 0.00000176. The van der Waals surface area contributed by atoms with E-state index in [1.807, 2.05) is 12.1 Å². The van der Waals surface area contributed by atoms with Crippen LogP contribution in [0.1, 0.15) is 16.9 Å². The molecule has 1 aromatic heterocycles. The number of likely N-dealkylation sites (N-methyl/N-ethyl adjacent to an activating group) is 1. The first-order valence-corrected chi connectivity index (χ1v) is 7.23. The van der Waals surface area contributed by atoms with Gasteiger partial charge in [-0.1, -0.05) is 28.9 Å². The zero-order chi connectivity index (χ0) is 14.8. The average molecular weight is 342 g/mol. The number of carbonyl (C=O) groups is 1. The molecule has 118 valence electrons. The van der Waals surface area contributed by atoms with E-state index in [2.05, 4.69) is 10.5 Å². The fraction of sp³-hybridized carbons (Fsp3) is 0.333. The van der Waals surface area contributed by atoms with Gasteiger partial charge >= 0.3 is 0 Å². The number of aromatic nitrogens is 1. The summed E-state index contributed by atoms with van der Waals surface area (Å²) in [6, 6.07) is 9.13. The van der Waals surface area contributed by atoms with Gasteiger partial charge in [-0.15, -0.1) is 12.4 Å². The van der Waals surface area contributed by atoms with E-state index in [0.29, 0.717) is 16.5 Å². The lowest BCUT2D eigenvalue weighted by atomic mass is 10.1. The Bertz CT molecular complexity index is 654. The maximum absolute atomic E-state index is 12.4. The molecule has 0 aliphatic carbocycles. The molecule has 0 radical (unpaired) electrons. The molecule has 1 fully saturated rings. The summed E-state index contributed by atoms with van der Waals surface area (Å²) in [4.78, 5) is 14.1. The lowest BCUT2D eigenvalue weighted by Gasteiger charge is -2.22. The average Bonchev–Trinajstić information content (AvgIpc) is 3.17. The zero-order valence-electron chi connectivity index (χ0n) is 12.1. The molecule has 1 unspecified atom stereocenters. The van der Waals surface area contributed by atoms with E-state index < -0.39 is 0 Å². The van der Waals surface area contributed by atoms with Gasteiger partial charge in [0.15, 0.2) is 11.5 Å². The van der Waals surface area contributed by atoms with Crippen molar-refractivity contribution < 1.29 is 9.32 Å². The minimum atomic E-state index is -0.124. The molecular weight excluding hydrogens is 325 g/mol. The highest BCUT2D eigenvalue weighted by atomic mass is 35.5. The molecule has 2 heterocycles. The van der Waals surface area contributed by atoms with Gasteiger partial charge in [-0.05, 0) is 25.1 Å². The first-order valence-electron chi connectivity index (χ1n) is 6.85. The standard InChI is InChI=1S/C15H16ClN3O2.ClH/c1-19(12-5-6-17-9-12)15(20)13-8-14(21-18-13)10-3-2-4-11(16)7-10;/h2-4,7-8,12,17H,5-6,9H2,1H3;1H. The van der Waals surface area contributed by atoms with E-state index in [1.54, 1.807) is 30.1 Å². The predicted octanol–water partition coefficient (Wildman–Crippen LogP) is 2.85. The number of nitrogens with zero attached hydrogens (tertiary/aromatic N) is 2. The van der Waals surface area contributed by atoms with Crippen LogP contribution in [0.4, 0.5) is 0 Å². The molecular formula is C15H17Cl2N3O2. The van der Waals surface area contributed by atoms with Crippen molar-refractivity contribution in [2.24, 2.45) is 0 Å². The molecule has 3 rings (SSSR count). The van der Waals surface area contributed by atoms with Gasteiger partial charge in [-0.3, -0.25) is 4.79 Å². The molecule has 0 saturated carbocycles. The van der Waals surface area contributed by atoms with Gasteiger partial charge in [0.1, 0.15) is 0 Å². The fourth-order valence-electron chi connectivity index (χ4n) is 2.47. The van der Waals surface area contributed by atoms with Crippen molar-refractivity contribution in [3.8, 4) is 11.3 Å². The predicted molar refractivity (Wildman–Crippen MR) is 87.6 cm³/mol. The Hall–Kier alpha value is -1.56. The molecule has 0 spiro atoms. The smallest absolute Gasteiger partial charge is 0.276 e. The van der Waals surface area contributed by atoms with Gasteiger partial charge in [-0.2, -0.15) is 0 Å². The van der Waals surface area contributed by atoms with Crippen LogP contribution in [-0.2, 0) is 0 Å². The highest BCUT2D eigenvalue weighted by Crippen LogP contribution is 2.24. The van der Waals surface area contributed by atoms with E-state index in [1.165, 1.54) is 0 Å². The summed E-state index contributed by atoms with van der Waals surface area (Å²) in [5.41, 5.74) is 1.12. The molecule has 1 amide bonds. The number of amides is 1. The topological polar surface area (TPSA) is 58.4 Å². The number of hydrogen-bond donors (Lipinski definition) is 1. The Morgan fingerprint density at radius 2 is 2.27 bits per heavy atom. The van der Waals surface area contributed by atoms with Crippen LogP contribution in [0.5, 0.6) is 0 Å². The summed E-state index contributed by atoms with van der Waals surface area (Å²) in [6.45, 7) is 1.76. The molecule has 2 aromatic rings. The molecule has 22 heavy (non-hydrogen) atoms. The van der Waals surface area contributed by atoms with Gasteiger partial charge < -0.3 is 14.7 Å². The van der Waals surface area contributed by atoms with E-state index in [0.717, 1.165) is 25.1 Å². The van der Waals surface area contributed by atoms with Crippen LogP contribution < -0.4 is 5.32 Å². The minimum Gasteiger partial charge on any atom is -0.355 e. The van der Waals surface area contributed by atoms with E-state index in [9.17, 15) is 4.79 Å². The van der Waals surface area contributed by atoms with Crippen molar-refractivity contribution in [1.82, 2.24) is 15.4 Å². The number of benzene rings is 1. The van der Waals surface area contributed by atoms with Crippen molar-refractivity contribution in [3.63, 3.8) is 0 Å². The Labute approximate surface area is 140 Å². The third-order valence-corrected chi connectivity index (χ3v) is 3.98. The van der Waals surface area contributed by atoms with Crippen LogP contribution in [0, 0.1) is 0 Å². The third-order valence-electron chi connectivity index (χ3n) is 3.74. The molecule has 7 heteroatoms. The second kappa shape index (κ2) is 7.13. The molecule has 5 nitrogen and oxygen atoms in total. The highest BCUT2D eigenvalue weighted by molar-refractivity contribution is 6.30. The number of halogens is 2. The van der Waals surface area contributed by atoms with E-state index in [4.69, 9.17) is 16.1 Å². The lowest BCUT2D eigenvalue weighted by molar-refractivity contribution is 0.0733. The number of hydrogen-bond acceptors (Lipinski definition) is 4. The van der Waals surface area contributed by atoms with Crippen LogP contribution in [0.2, 0.25) is 5.02 Å². The summed E-state index contributed by atoms with van der Waals surface area (Å²) in [7, 11) is 1.80. The third kappa shape index (κ3) is 3.43. The molecule has 1 saturated heterocycles. The Morgan fingerprint density at radius 3 is 2.95 bits per heavy atom.